The molecule has 0 aromatic heterocycles. The molecule has 0 spiro atoms. The van der Waals surface area contributed by atoms with Crippen LogP contribution < -0.4 is 14.8 Å². The van der Waals surface area contributed by atoms with Gasteiger partial charge in [0, 0.05) is 26.1 Å². The van der Waals surface area contributed by atoms with E-state index in [1.54, 1.807) is 0 Å². The predicted octanol–water partition coefficient (Wildman–Crippen LogP) is 1.29. The van der Waals surface area contributed by atoms with Crippen LogP contribution in [0, 0.1) is 5.92 Å². The summed E-state index contributed by atoms with van der Waals surface area (Å²) in [6.07, 6.45) is 1.06. The maximum Gasteiger partial charge on any atom is 0.231 e. The summed E-state index contributed by atoms with van der Waals surface area (Å²) in [6, 6.07) is 5.74. The largest absolute Gasteiger partial charge is 0.454 e. The van der Waals surface area contributed by atoms with Crippen LogP contribution in [0.2, 0.25) is 0 Å². The van der Waals surface area contributed by atoms with Crippen molar-refractivity contribution in [3.63, 3.8) is 0 Å². The Bertz CT molecular complexity index is 578. The van der Waals surface area contributed by atoms with Gasteiger partial charge < -0.3 is 19.7 Å². The molecule has 1 fully saturated rings. The molecule has 3 rings (SSSR count). The summed E-state index contributed by atoms with van der Waals surface area (Å²) in [6.45, 7) is 3.83. The summed E-state index contributed by atoms with van der Waals surface area (Å²) in [4.78, 5) is 25.6. The van der Waals surface area contributed by atoms with Gasteiger partial charge in [-0.15, -0.1) is 0 Å². The molecule has 1 atom stereocenters. The Labute approximate surface area is 129 Å². The molecule has 6 heteroatoms. The third kappa shape index (κ3) is 3.00. The monoisotopic (exact) mass is 304 g/mol. The molecule has 2 amide bonds. The number of benzene rings is 1. The minimum absolute atomic E-state index is 0.0304. The molecule has 2 heterocycles. The van der Waals surface area contributed by atoms with Crippen LogP contribution in [0.5, 0.6) is 11.5 Å². The van der Waals surface area contributed by atoms with Gasteiger partial charge in [0.15, 0.2) is 11.5 Å². The number of hydrogen-bond donors (Lipinski definition) is 1. The zero-order chi connectivity index (χ0) is 15.5. The molecular formula is C16H20N2O4. The molecule has 1 aromatic rings. The molecular weight excluding hydrogens is 284 g/mol. The molecule has 0 aliphatic carbocycles. The summed E-state index contributed by atoms with van der Waals surface area (Å²) in [7, 11) is 0. The van der Waals surface area contributed by atoms with Crippen molar-refractivity contribution in [3.8, 4) is 11.5 Å². The molecule has 1 saturated heterocycles. The van der Waals surface area contributed by atoms with Gasteiger partial charge in [-0.1, -0.05) is 6.07 Å². The summed E-state index contributed by atoms with van der Waals surface area (Å²) < 4.78 is 10.7. The molecule has 1 N–H and O–H groups in total. The fraction of sp³-hybridized carbons (Fsp3) is 0.500. The van der Waals surface area contributed by atoms with E-state index in [9.17, 15) is 9.59 Å². The standard InChI is InChI=1S/C16H20N2O4/c1-2-18(16(20)12-4-6-15(19)17-8-12)9-11-3-5-13-14(7-11)22-10-21-13/h3,5,7,12H,2,4,6,8-10H2,1H3,(H,17,19)/t12-/m1/s1. The normalized spacial score (nSPS) is 19.7. The molecule has 2 aliphatic heterocycles. The second-order valence-electron chi connectivity index (χ2n) is 5.58. The van der Waals surface area contributed by atoms with Gasteiger partial charge in [0.1, 0.15) is 0 Å². The Morgan fingerprint density at radius 1 is 1.36 bits per heavy atom. The van der Waals surface area contributed by atoms with E-state index in [1.165, 1.54) is 0 Å². The second-order valence-corrected chi connectivity index (χ2v) is 5.58. The van der Waals surface area contributed by atoms with Crippen LogP contribution in [0.1, 0.15) is 25.3 Å². The first-order chi connectivity index (χ1) is 10.7. The summed E-state index contributed by atoms with van der Waals surface area (Å²) in [5.74, 6) is 1.48. The van der Waals surface area contributed by atoms with Gasteiger partial charge in [-0.2, -0.15) is 0 Å². The molecule has 118 valence electrons. The van der Waals surface area contributed by atoms with Crippen molar-refractivity contribution in [2.75, 3.05) is 19.9 Å². The average molecular weight is 304 g/mol. The minimum atomic E-state index is -0.119. The average Bonchev–Trinajstić information content (AvgIpc) is 3.00. The van der Waals surface area contributed by atoms with Gasteiger partial charge in [0.25, 0.3) is 0 Å². The van der Waals surface area contributed by atoms with Crippen LogP contribution in [0.4, 0.5) is 0 Å². The first-order valence-corrected chi connectivity index (χ1v) is 7.61. The number of hydrogen-bond acceptors (Lipinski definition) is 4. The van der Waals surface area contributed by atoms with E-state index >= 15 is 0 Å². The smallest absolute Gasteiger partial charge is 0.231 e. The van der Waals surface area contributed by atoms with E-state index in [1.807, 2.05) is 30.0 Å². The number of piperidine rings is 1. The Hall–Kier alpha value is -2.24. The van der Waals surface area contributed by atoms with Gasteiger partial charge in [-0.25, -0.2) is 0 Å². The maximum absolute atomic E-state index is 12.6. The fourth-order valence-corrected chi connectivity index (χ4v) is 2.81. The van der Waals surface area contributed by atoms with Crippen molar-refractivity contribution in [1.82, 2.24) is 10.2 Å². The van der Waals surface area contributed by atoms with Crippen molar-refractivity contribution in [2.24, 2.45) is 5.92 Å². The Balaban J connectivity index is 1.66. The summed E-state index contributed by atoms with van der Waals surface area (Å²) >= 11 is 0. The Kier molecular flexibility index (Phi) is 4.18. The van der Waals surface area contributed by atoms with Crippen molar-refractivity contribution >= 4 is 11.8 Å². The van der Waals surface area contributed by atoms with Crippen LogP contribution in [0.15, 0.2) is 18.2 Å². The first kappa shape index (κ1) is 14.7. The number of nitrogens with one attached hydrogen (secondary N) is 1. The molecule has 0 saturated carbocycles. The number of ether oxygens (including phenoxy) is 2. The van der Waals surface area contributed by atoms with Crippen LogP contribution in [0.3, 0.4) is 0 Å². The van der Waals surface area contributed by atoms with E-state index in [2.05, 4.69) is 5.32 Å². The summed E-state index contributed by atoms with van der Waals surface area (Å²) in [5, 5.41) is 2.77. The number of carbonyl (C=O) groups excluding carboxylic acids is 2. The number of fused-ring (bicyclic) bond motifs is 1. The van der Waals surface area contributed by atoms with Crippen LogP contribution in [0.25, 0.3) is 0 Å². The molecule has 0 bridgehead atoms. The van der Waals surface area contributed by atoms with E-state index in [-0.39, 0.29) is 24.5 Å². The lowest BCUT2D eigenvalue weighted by molar-refractivity contribution is -0.137. The lowest BCUT2D eigenvalue weighted by Crippen LogP contribution is -2.44. The van der Waals surface area contributed by atoms with Gasteiger partial charge >= 0.3 is 0 Å². The second kappa shape index (κ2) is 6.25. The zero-order valence-electron chi connectivity index (χ0n) is 12.6. The van der Waals surface area contributed by atoms with Crippen molar-refractivity contribution in [2.45, 2.75) is 26.3 Å². The van der Waals surface area contributed by atoms with E-state index < -0.39 is 0 Å². The lowest BCUT2D eigenvalue weighted by Gasteiger charge is -2.28. The number of carbonyl (C=O) groups is 2. The first-order valence-electron chi connectivity index (χ1n) is 7.61. The van der Waals surface area contributed by atoms with E-state index in [4.69, 9.17) is 9.47 Å². The van der Waals surface area contributed by atoms with Crippen LogP contribution in [-0.2, 0) is 16.1 Å². The van der Waals surface area contributed by atoms with E-state index in [0.717, 1.165) is 17.1 Å². The molecule has 1 aromatic carbocycles. The van der Waals surface area contributed by atoms with E-state index in [0.29, 0.717) is 32.5 Å². The predicted molar refractivity (Wildman–Crippen MR) is 79.4 cm³/mol. The third-order valence-electron chi connectivity index (χ3n) is 4.12. The number of amides is 2. The highest BCUT2D eigenvalue weighted by Gasteiger charge is 2.28. The Morgan fingerprint density at radius 2 is 2.18 bits per heavy atom. The Morgan fingerprint density at radius 3 is 2.91 bits per heavy atom. The molecule has 0 radical (unpaired) electrons. The molecule has 22 heavy (non-hydrogen) atoms. The van der Waals surface area contributed by atoms with Crippen molar-refractivity contribution in [3.05, 3.63) is 23.8 Å². The fourth-order valence-electron chi connectivity index (χ4n) is 2.81. The molecule has 6 nitrogen and oxygen atoms in total. The number of rotatable bonds is 4. The SMILES string of the molecule is CCN(Cc1ccc2c(c1)OCO2)C(=O)[C@@H]1CCC(=O)NC1. The zero-order valence-corrected chi connectivity index (χ0v) is 12.6. The third-order valence-corrected chi connectivity index (χ3v) is 4.12. The highest BCUT2D eigenvalue weighted by molar-refractivity contribution is 5.83. The topological polar surface area (TPSA) is 67.9 Å². The maximum atomic E-state index is 12.6. The van der Waals surface area contributed by atoms with Gasteiger partial charge in [-0.05, 0) is 31.0 Å². The van der Waals surface area contributed by atoms with Crippen LogP contribution >= 0.6 is 0 Å². The minimum Gasteiger partial charge on any atom is -0.454 e. The highest BCUT2D eigenvalue weighted by atomic mass is 16.7. The van der Waals surface area contributed by atoms with Gasteiger partial charge in [0.2, 0.25) is 18.6 Å². The van der Waals surface area contributed by atoms with Crippen molar-refractivity contribution in [1.29, 1.82) is 0 Å². The van der Waals surface area contributed by atoms with Crippen molar-refractivity contribution < 1.29 is 19.1 Å². The quantitative estimate of drug-likeness (QED) is 0.910. The highest BCUT2D eigenvalue weighted by Crippen LogP contribution is 2.33. The number of nitrogens with zero attached hydrogens (tertiary/aromatic N) is 1. The summed E-state index contributed by atoms with van der Waals surface area (Å²) in [5.41, 5.74) is 1.01. The van der Waals surface area contributed by atoms with Crippen LogP contribution in [-0.4, -0.2) is 36.6 Å². The lowest BCUT2D eigenvalue weighted by atomic mass is 9.97. The van der Waals surface area contributed by atoms with Gasteiger partial charge in [0.05, 0.1) is 5.92 Å². The molecule has 0 unspecified atom stereocenters. The molecule has 2 aliphatic rings. The van der Waals surface area contributed by atoms with Gasteiger partial charge in [-0.3, -0.25) is 9.59 Å².